The van der Waals surface area contributed by atoms with Crippen LogP contribution < -0.4 is 10.4 Å². The Bertz CT molecular complexity index is 1140. The van der Waals surface area contributed by atoms with E-state index in [1.165, 1.54) is 33.4 Å². The van der Waals surface area contributed by atoms with E-state index >= 15 is 0 Å². The van der Waals surface area contributed by atoms with Gasteiger partial charge in [0.2, 0.25) is 0 Å². The normalized spacial score (nSPS) is 14.0. The molecule has 142 valence electrons. The van der Waals surface area contributed by atoms with Gasteiger partial charge in [-0.2, -0.15) is 0 Å². The van der Waals surface area contributed by atoms with Crippen LogP contribution in [0.2, 0.25) is 0 Å². The van der Waals surface area contributed by atoms with Gasteiger partial charge in [-0.05, 0) is 62.9 Å². The number of aryl methyl sites for hydroxylation is 1. The lowest BCUT2D eigenvalue weighted by Gasteiger charge is -2.22. The Balaban J connectivity index is 0.00000109. The largest absolute Gasteiger partial charge is 0.0911 e. The summed E-state index contributed by atoms with van der Waals surface area (Å²) in [5.41, 5.74) is 8.92. The molecule has 0 heteroatoms. The van der Waals surface area contributed by atoms with Crippen LogP contribution in [0.15, 0.2) is 67.2 Å². The van der Waals surface area contributed by atoms with Crippen LogP contribution in [0, 0.1) is 6.92 Å². The first-order valence-electron chi connectivity index (χ1n) is 10.1. The number of benzene rings is 3. The Hall–Kier alpha value is -2.86. The van der Waals surface area contributed by atoms with Gasteiger partial charge in [0.25, 0.3) is 0 Å². The summed E-state index contributed by atoms with van der Waals surface area (Å²) in [5.74, 6) is 0. The van der Waals surface area contributed by atoms with Crippen molar-refractivity contribution < 1.29 is 0 Å². The first-order valence-corrected chi connectivity index (χ1v) is 10.1. The third-order valence-corrected chi connectivity index (χ3v) is 5.58. The van der Waals surface area contributed by atoms with E-state index in [-0.39, 0.29) is 5.41 Å². The van der Waals surface area contributed by atoms with Crippen molar-refractivity contribution in [3.05, 3.63) is 99.9 Å². The molecule has 0 fully saturated rings. The third kappa shape index (κ3) is 3.36. The van der Waals surface area contributed by atoms with E-state index in [1.807, 2.05) is 13.8 Å². The molecule has 0 spiro atoms. The van der Waals surface area contributed by atoms with Crippen LogP contribution in [-0.4, -0.2) is 0 Å². The minimum Gasteiger partial charge on any atom is -0.0911 e. The maximum atomic E-state index is 4.32. The number of fused-ring (bicyclic) bond motifs is 3. The number of hydrogen-bond acceptors (Lipinski definition) is 0. The summed E-state index contributed by atoms with van der Waals surface area (Å²) in [6.07, 6.45) is 2.14. The highest BCUT2D eigenvalue weighted by atomic mass is 14.4. The highest BCUT2D eigenvalue weighted by Gasteiger charge is 2.35. The van der Waals surface area contributed by atoms with Crippen molar-refractivity contribution >= 4 is 18.2 Å². The number of rotatable bonds is 2. The molecule has 4 rings (SSSR count). The summed E-state index contributed by atoms with van der Waals surface area (Å²) in [7, 11) is 0. The Morgan fingerprint density at radius 1 is 0.857 bits per heavy atom. The van der Waals surface area contributed by atoms with E-state index in [9.17, 15) is 0 Å². The SMILES string of the molecule is C=C(/C=c1/ccc(C)cc1=C)c1ccc2c(c1)C(C)(C)c1ccccc1-2.CC. The molecule has 0 nitrogen and oxygen atoms in total. The Morgan fingerprint density at radius 3 is 2.25 bits per heavy atom. The smallest absolute Gasteiger partial charge is 0.0159 e. The van der Waals surface area contributed by atoms with Crippen LogP contribution in [0.1, 0.15) is 49.9 Å². The van der Waals surface area contributed by atoms with Gasteiger partial charge >= 0.3 is 0 Å². The minimum absolute atomic E-state index is 0.0174. The molecule has 0 N–H and O–H groups in total. The van der Waals surface area contributed by atoms with E-state index in [0.29, 0.717) is 0 Å². The molecule has 0 radical (unpaired) electrons. The van der Waals surface area contributed by atoms with E-state index in [0.717, 1.165) is 16.0 Å². The first kappa shape index (κ1) is 19.9. The van der Waals surface area contributed by atoms with Crippen LogP contribution in [0.25, 0.3) is 29.4 Å². The average molecular weight is 367 g/mol. The van der Waals surface area contributed by atoms with Gasteiger partial charge in [0.1, 0.15) is 0 Å². The molecule has 0 aliphatic heterocycles. The second-order valence-electron chi connectivity index (χ2n) is 7.80. The second-order valence-corrected chi connectivity index (χ2v) is 7.80. The predicted molar refractivity (Wildman–Crippen MR) is 125 cm³/mol. The molecule has 0 bridgehead atoms. The third-order valence-electron chi connectivity index (χ3n) is 5.58. The standard InChI is InChI=1S/C26H24.C2H6/c1-17-10-11-20(18(2)14-17)15-19(3)21-12-13-23-22-8-6-7-9-24(22)26(4,5)25(23)16-21;1-2/h6-16H,2-3H2,1,4-5H3;1-2H3/b20-15-;. The summed E-state index contributed by atoms with van der Waals surface area (Å²) in [5, 5.41) is 2.17. The predicted octanol–water partition coefficient (Wildman–Crippen LogP) is 6.23. The summed E-state index contributed by atoms with van der Waals surface area (Å²) in [6.45, 7) is 19.2. The molecule has 0 aromatic heterocycles. The number of allylic oxidation sites excluding steroid dienone is 1. The molecule has 3 aromatic rings. The first-order chi connectivity index (χ1) is 13.4. The van der Waals surface area contributed by atoms with Gasteiger partial charge in [0.05, 0.1) is 0 Å². The zero-order valence-corrected chi connectivity index (χ0v) is 17.8. The minimum atomic E-state index is 0.0174. The fraction of sp³-hybridized carbons (Fsp3) is 0.214. The van der Waals surface area contributed by atoms with Gasteiger partial charge in [-0.3, -0.25) is 0 Å². The van der Waals surface area contributed by atoms with Crippen molar-refractivity contribution in [2.45, 2.75) is 40.0 Å². The molecule has 1 aliphatic rings. The van der Waals surface area contributed by atoms with Crippen LogP contribution >= 0.6 is 0 Å². The Morgan fingerprint density at radius 2 is 1.54 bits per heavy atom. The van der Waals surface area contributed by atoms with Crippen molar-refractivity contribution in [1.82, 2.24) is 0 Å². The van der Waals surface area contributed by atoms with Crippen LogP contribution in [0.4, 0.5) is 0 Å². The van der Waals surface area contributed by atoms with Crippen molar-refractivity contribution in [3.63, 3.8) is 0 Å². The zero-order chi connectivity index (χ0) is 20.5. The second kappa shape index (κ2) is 7.64. The molecule has 0 atom stereocenters. The molecule has 3 aromatic carbocycles. The maximum absolute atomic E-state index is 4.32. The van der Waals surface area contributed by atoms with Gasteiger partial charge in [-0.1, -0.05) is 101 Å². The van der Waals surface area contributed by atoms with Crippen molar-refractivity contribution in [2.24, 2.45) is 0 Å². The quantitative estimate of drug-likeness (QED) is 0.504. The topological polar surface area (TPSA) is 0 Å². The lowest BCUT2D eigenvalue weighted by atomic mass is 9.81. The summed E-state index contributed by atoms with van der Waals surface area (Å²) in [6, 6.07) is 21.8. The van der Waals surface area contributed by atoms with E-state index < -0.39 is 0 Å². The Labute approximate surface area is 169 Å². The molecule has 0 heterocycles. The molecule has 0 saturated heterocycles. The fourth-order valence-corrected chi connectivity index (χ4v) is 4.05. The maximum Gasteiger partial charge on any atom is 0.0159 e. The number of hydrogen-bond donors (Lipinski definition) is 0. The lowest BCUT2D eigenvalue weighted by molar-refractivity contribution is 0.660. The van der Waals surface area contributed by atoms with Crippen LogP contribution in [0.3, 0.4) is 0 Å². The average Bonchev–Trinajstić information content (AvgIpc) is 2.93. The fourth-order valence-electron chi connectivity index (χ4n) is 4.05. The van der Waals surface area contributed by atoms with Crippen molar-refractivity contribution in [1.29, 1.82) is 0 Å². The highest BCUT2D eigenvalue weighted by molar-refractivity contribution is 5.89. The van der Waals surface area contributed by atoms with E-state index in [1.54, 1.807) is 0 Å². The molecule has 0 amide bonds. The molecule has 0 unspecified atom stereocenters. The highest BCUT2D eigenvalue weighted by Crippen LogP contribution is 2.48. The lowest BCUT2D eigenvalue weighted by Crippen LogP contribution is -2.22. The monoisotopic (exact) mass is 366 g/mol. The van der Waals surface area contributed by atoms with Crippen LogP contribution in [0.5, 0.6) is 0 Å². The van der Waals surface area contributed by atoms with Gasteiger partial charge in [-0.15, -0.1) is 0 Å². The van der Waals surface area contributed by atoms with Gasteiger partial charge in [0, 0.05) is 5.41 Å². The summed E-state index contributed by atoms with van der Waals surface area (Å²) in [4.78, 5) is 0. The zero-order valence-electron chi connectivity index (χ0n) is 17.8. The molecule has 1 aliphatic carbocycles. The molecule has 28 heavy (non-hydrogen) atoms. The van der Waals surface area contributed by atoms with Gasteiger partial charge in [0.15, 0.2) is 0 Å². The van der Waals surface area contributed by atoms with E-state index in [4.69, 9.17) is 0 Å². The molecular weight excluding hydrogens is 336 g/mol. The summed E-state index contributed by atoms with van der Waals surface area (Å²) >= 11 is 0. The molecule has 0 saturated carbocycles. The Kier molecular flexibility index (Phi) is 5.42. The van der Waals surface area contributed by atoms with Crippen molar-refractivity contribution in [3.8, 4) is 11.1 Å². The summed E-state index contributed by atoms with van der Waals surface area (Å²) < 4.78 is 0. The molecular formula is C28H30. The van der Waals surface area contributed by atoms with Crippen molar-refractivity contribution in [2.75, 3.05) is 0 Å². The van der Waals surface area contributed by atoms with Gasteiger partial charge < -0.3 is 0 Å². The van der Waals surface area contributed by atoms with E-state index in [2.05, 4.69) is 101 Å². The van der Waals surface area contributed by atoms with Gasteiger partial charge in [-0.25, -0.2) is 0 Å². The van der Waals surface area contributed by atoms with Crippen LogP contribution in [-0.2, 0) is 5.41 Å².